The molecule has 5 nitrogen and oxygen atoms in total. The maximum atomic E-state index is 14.4. The van der Waals surface area contributed by atoms with Crippen LogP contribution in [0.4, 0.5) is 17.6 Å². The van der Waals surface area contributed by atoms with Gasteiger partial charge in [0.05, 0.1) is 12.1 Å². The lowest BCUT2D eigenvalue weighted by atomic mass is 10.0. The summed E-state index contributed by atoms with van der Waals surface area (Å²) < 4.78 is 56.4. The predicted octanol–water partition coefficient (Wildman–Crippen LogP) is 6.47. The van der Waals surface area contributed by atoms with Gasteiger partial charge in [-0.2, -0.15) is 13.2 Å². The summed E-state index contributed by atoms with van der Waals surface area (Å²) in [4.78, 5) is 26.0. The lowest BCUT2D eigenvalue weighted by molar-refractivity contribution is -0.138. The van der Waals surface area contributed by atoms with E-state index in [1.54, 1.807) is 43.3 Å². The molecule has 0 aliphatic heterocycles. The monoisotopic (exact) mass is 545 g/mol. The van der Waals surface area contributed by atoms with Crippen LogP contribution < -0.4 is 5.69 Å². The molecule has 1 aromatic heterocycles. The number of nitrogens with zero attached hydrogens (tertiary/aromatic N) is 3. The van der Waals surface area contributed by atoms with Crippen LogP contribution in [0.2, 0.25) is 5.02 Å². The van der Waals surface area contributed by atoms with Crippen LogP contribution in [0.3, 0.4) is 0 Å². The number of Topliss-reactive ketones (excluding diaryl/α,β-unsaturated/α-hetero) is 1. The van der Waals surface area contributed by atoms with E-state index >= 15 is 0 Å². The summed E-state index contributed by atoms with van der Waals surface area (Å²) in [7, 11) is 0. The van der Waals surface area contributed by atoms with Gasteiger partial charge in [-0.05, 0) is 61.2 Å². The van der Waals surface area contributed by atoms with E-state index in [2.05, 4.69) is 5.10 Å². The number of aromatic nitrogens is 3. The van der Waals surface area contributed by atoms with Gasteiger partial charge in [-0.1, -0.05) is 48.0 Å². The molecule has 0 atom stereocenters. The summed E-state index contributed by atoms with van der Waals surface area (Å²) in [6.07, 6.45) is -4.27. The second-order valence-corrected chi connectivity index (χ2v) is 9.38. The minimum Gasteiger partial charge on any atom is -0.298 e. The lowest BCUT2D eigenvalue weighted by Gasteiger charge is -2.12. The molecule has 0 saturated carbocycles. The van der Waals surface area contributed by atoms with E-state index in [1.165, 1.54) is 28.8 Å². The maximum Gasteiger partial charge on any atom is 0.416 e. The van der Waals surface area contributed by atoms with Crippen LogP contribution in [0.15, 0.2) is 71.5 Å². The van der Waals surface area contributed by atoms with Crippen molar-refractivity contribution in [1.29, 1.82) is 0 Å². The molecule has 0 unspecified atom stereocenters. The van der Waals surface area contributed by atoms with Gasteiger partial charge in [-0.3, -0.25) is 9.36 Å². The van der Waals surface area contributed by atoms with Crippen molar-refractivity contribution in [2.24, 2.45) is 0 Å². The van der Waals surface area contributed by atoms with E-state index < -0.39 is 23.2 Å². The normalized spacial score (nSPS) is 11.6. The Hall–Kier alpha value is -3.72. The zero-order valence-electron chi connectivity index (χ0n) is 20.4. The average Bonchev–Trinajstić information content (AvgIpc) is 3.14. The van der Waals surface area contributed by atoms with Gasteiger partial charge in [0, 0.05) is 22.6 Å². The van der Waals surface area contributed by atoms with E-state index in [4.69, 9.17) is 11.6 Å². The van der Waals surface area contributed by atoms with Crippen LogP contribution in [-0.2, 0) is 30.5 Å². The van der Waals surface area contributed by atoms with Gasteiger partial charge in [0.15, 0.2) is 11.6 Å². The highest BCUT2D eigenvalue weighted by molar-refractivity contribution is 6.30. The van der Waals surface area contributed by atoms with Crippen molar-refractivity contribution in [3.63, 3.8) is 0 Å². The fraction of sp³-hybridized carbons (Fsp3) is 0.250. The van der Waals surface area contributed by atoms with E-state index in [-0.39, 0.29) is 55.1 Å². The highest BCUT2D eigenvalue weighted by Gasteiger charge is 2.32. The molecule has 1 heterocycles. The summed E-state index contributed by atoms with van der Waals surface area (Å²) in [6, 6.07) is 16.3. The molecule has 0 N–H and O–H groups in total. The third-order valence-corrected chi connectivity index (χ3v) is 6.42. The fourth-order valence-corrected chi connectivity index (χ4v) is 4.52. The molecule has 4 aromatic rings. The fourth-order valence-electron chi connectivity index (χ4n) is 4.30. The number of alkyl halides is 3. The van der Waals surface area contributed by atoms with Gasteiger partial charge in [0.2, 0.25) is 0 Å². The quantitative estimate of drug-likeness (QED) is 0.226. The molecule has 10 heteroatoms. The molecule has 3 aromatic carbocycles. The van der Waals surface area contributed by atoms with Crippen LogP contribution >= 0.6 is 11.6 Å². The van der Waals surface area contributed by atoms with Crippen molar-refractivity contribution in [2.75, 3.05) is 0 Å². The number of hydrogen-bond donors (Lipinski definition) is 0. The van der Waals surface area contributed by atoms with Gasteiger partial charge in [0.25, 0.3) is 0 Å². The summed E-state index contributed by atoms with van der Waals surface area (Å²) in [5, 5.41) is 4.88. The van der Waals surface area contributed by atoms with E-state index in [0.29, 0.717) is 10.6 Å². The molecule has 198 valence electrons. The Kier molecular flexibility index (Phi) is 8.16. The first-order valence-corrected chi connectivity index (χ1v) is 12.3. The standard InChI is InChI=1S/C28H24ClF4N3O2/c1-18-15-21(29)13-14-23(18)26-34-36(27(38)35(26)16-20-8-3-5-12-25(20)30)17-22(37)10-6-9-19-7-2-4-11-24(19)28(31,32)33/h2-5,7-8,11-15H,6,9-10,16-17H2,1H3. The number of hydrogen-bond acceptors (Lipinski definition) is 3. The Bertz CT molecular complexity index is 1530. The molecule has 0 aliphatic carbocycles. The maximum absolute atomic E-state index is 14.4. The number of halogens is 5. The van der Waals surface area contributed by atoms with Gasteiger partial charge >= 0.3 is 11.9 Å². The largest absolute Gasteiger partial charge is 0.416 e. The summed E-state index contributed by atoms with van der Waals surface area (Å²) >= 11 is 6.08. The smallest absolute Gasteiger partial charge is 0.298 e. The van der Waals surface area contributed by atoms with E-state index in [0.717, 1.165) is 16.3 Å². The Morgan fingerprint density at radius 2 is 1.68 bits per heavy atom. The first-order chi connectivity index (χ1) is 18.0. The van der Waals surface area contributed by atoms with Crippen molar-refractivity contribution < 1.29 is 22.4 Å². The molecule has 0 fully saturated rings. The predicted molar refractivity (Wildman–Crippen MR) is 137 cm³/mol. The number of carbonyl (C=O) groups is 1. The van der Waals surface area contributed by atoms with Crippen LogP contribution in [0.5, 0.6) is 0 Å². The summed E-state index contributed by atoms with van der Waals surface area (Å²) in [5.74, 6) is -0.591. The number of aryl methyl sites for hydroxylation is 2. The van der Waals surface area contributed by atoms with Gasteiger partial charge in [-0.15, -0.1) is 5.10 Å². The molecule has 0 radical (unpaired) electrons. The number of benzene rings is 3. The molecular weight excluding hydrogens is 522 g/mol. The third kappa shape index (κ3) is 6.22. The molecule has 4 rings (SSSR count). The number of ketones is 1. The SMILES string of the molecule is Cc1cc(Cl)ccc1-c1nn(CC(=O)CCCc2ccccc2C(F)(F)F)c(=O)n1Cc1ccccc1F. The van der Waals surface area contributed by atoms with Crippen LogP contribution in [0.25, 0.3) is 11.4 Å². The highest BCUT2D eigenvalue weighted by Crippen LogP contribution is 2.32. The summed E-state index contributed by atoms with van der Waals surface area (Å²) in [5.41, 5.74) is 0.389. The number of carbonyl (C=O) groups excluding carboxylic acids is 1. The van der Waals surface area contributed by atoms with Crippen molar-refractivity contribution in [1.82, 2.24) is 14.3 Å². The molecule has 0 spiro atoms. The third-order valence-electron chi connectivity index (χ3n) is 6.19. The zero-order valence-corrected chi connectivity index (χ0v) is 21.2. The van der Waals surface area contributed by atoms with Crippen molar-refractivity contribution in [3.8, 4) is 11.4 Å². The Labute approximate surface area is 221 Å². The van der Waals surface area contributed by atoms with Crippen molar-refractivity contribution in [2.45, 2.75) is 45.5 Å². The zero-order chi connectivity index (χ0) is 27.4. The van der Waals surface area contributed by atoms with Crippen LogP contribution in [0.1, 0.15) is 35.1 Å². The molecule has 0 bridgehead atoms. The van der Waals surface area contributed by atoms with Crippen LogP contribution in [0, 0.1) is 12.7 Å². The highest BCUT2D eigenvalue weighted by atomic mass is 35.5. The van der Waals surface area contributed by atoms with E-state index in [1.807, 2.05) is 0 Å². The first kappa shape index (κ1) is 27.3. The molecule has 0 amide bonds. The van der Waals surface area contributed by atoms with Crippen molar-refractivity contribution in [3.05, 3.63) is 110 Å². The van der Waals surface area contributed by atoms with E-state index in [9.17, 15) is 27.2 Å². The molecular formula is C28H24ClF4N3O2. The summed E-state index contributed by atoms with van der Waals surface area (Å²) in [6.45, 7) is 1.33. The molecule has 0 aliphatic rings. The minimum absolute atomic E-state index is 0.0336. The molecule has 38 heavy (non-hydrogen) atoms. The van der Waals surface area contributed by atoms with Crippen molar-refractivity contribution >= 4 is 17.4 Å². The van der Waals surface area contributed by atoms with Crippen LogP contribution in [-0.4, -0.2) is 20.1 Å². The lowest BCUT2D eigenvalue weighted by Crippen LogP contribution is -2.28. The Morgan fingerprint density at radius 1 is 1.00 bits per heavy atom. The number of rotatable bonds is 9. The topological polar surface area (TPSA) is 56.9 Å². The van der Waals surface area contributed by atoms with Gasteiger partial charge in [0.1, 0.15) is 12.4 Å². The molecule has 0 saturated heterocycles. The Balaban J connectivity index is 1.56. The van der Waals surface area contributed by atoms with Gasteiger partial charge in [-0.25, -0.2) is 13.9 Å². The average molecular weight is 546 g/mol. The minimum atomic E-state index is -4.48. The Morgan fingerprint density at radius 3 is 2.37 bits per heavy atom. The van der Waals surface area contributed by atoms with Gasteiger partial charge < -0.3 is 0 Å². The second kappa shape index (κ2) is 11.3. The first-order valence-electron chi connectivity index (χ1n) is 11.9. The second-order valence-electron chi connectivity index (χ2n) is 8.95.